The van der Waals surface area contributed by atoms with Gasteiger partial charge >= 0.3 is 0 Å². The third kappa shape index (κ3) is 1.91. The zero-order chi connectivity index (χ0) is 12.4. The first-order chi connectivity index (χ1) is 8.88. The van der Waals surface area contributed by atoms with Crippen molar-refractivity contribution in [3.05, 3.63) is 24.4 Å². The average Bonchev–Trinajstić information content (AvgIpc) is 2.87. The highest BCUT2D eigenvalue weighted by molar-refractivity contribution is 5.63. The smallest absolute Gasteiger partial charge is 0.162 e. The summed E-state index contributed by atoms with van der Waals surface area (Å²) in [5.41, 5.74) is 1.79. The van der Waals surface area contributed by atoms with E-state index in [2.05, 4.69) is 10.3 Å². The van der Waals surface area contributed by atoms with Gasteiger partial charge in [-0.25, -0.2) is 4.68 Å². The second-order valence-corrected chi connectivity index (χ2v) is 3.92. The number of aromatic nitrogens is 3. The average molecular weight is 247 g/mol. The first-order valence-corrected chi connectivity index (χ1v) is 5.78. The van der Waals surface area contributed by atoms with Gasteiger partial charge in [0.15, 0.2) is 11.5 Å². The largest absolute Gasteiger partial charge is 0.486 e. The van der Waals surface area contributed by atoms with Crippen LogP contribution in [-0.2, 0) is 6.54 Å². The van der Waals surface area contributed by atoms with Crippen LogP contribution in [0, 0.1) is 0 Å². The Bertz CT molecular complexity index is 553. The van der Waals surface area contributed by atoms with E-state index in [-0.39, 0.29) is 6.61 Å². The molecular weight excluding hydrogens is 234 g/mol. The van der Waals surface area contributed by atoms with Crippen molar-refractivity contribution in [2.45, 2.75) is 6.54 Å². The third-order valence-electron chi connectivity index (χ3n) is 2.77. The van der Waals surface area contributed by atoms with Crippen LogP contribution in [0.1, 0.15) is 0 Å². The predicted molar refractivity (Wildman–Crippen MR) is 63.5 cm³/mol. The van der Waals surface area contributed by atoms with Gasteiger partial charge in [0.25, 0.3) is 0 Å². The van der Waals surface area contributed by atoms with E-state index in [0.717, 1.165) is 22.8 Å². The van der Waals surface area contributed by atoms with Crippen molar-refractivity contribution >= 4 is 0 Å². The Hall–Kier alpha value is -2.08. The molecule has 3 rings (SSSR count). The van der Waals surface area contributed by atoms with Crippen LogP contribution < -0.4 is 9.47 Å². The molecule has 1 aromatic carbocycles. The molecule has 94 valence electrons. The van der Waals surface area contributed by atoms with E-state index >= 15 is 0 Å². The second kappa shape index (κ2) is 4.66. The fourth-order valence-corrected chi connectivity index (χ4v) is 1.94. The lowest BCUT2D eigenvalue weighted by atomic mass is 10.1. The number of ether oxygens (including phenoxy) is 2. The van der Waals surface area contributed by atoms with Gasteiger partial charge in [-0.1, -0.05) is 5.21 Å². The zero-order valence-electron chi connectivity index (χ0n) is 9.74. The van der Waals surface area contributed by atoms with Crippen molar-refractivity contribution in [2.75, 3.05) is 19.8 Å². The van der Waals surface area contributed by atoms with Crippen LogP contribution in [0.4, 0.5) is 0 Å². The van der Waals surface area contributed by atoms with Gasteiger partial charge in [-0.3, -0.25) is 0 Å². The maximum atomic E-state index is 8.97. The van der Waals surface area contributed by atoms with E-state index in [4.69, 9.17) is 14.6 Å². The van der Waals surface area contributed by atoms with E-state index in [1.54, 1.807) is 10.9 Å². The molecule has 0 aliphatic carbocycles. The fraction of sp³-hybridized carbons (Fsp3) is 0.333. The Kier molecular flexibility index (Phi) is 2.85. The molecule has 1 aliphatic rings. The fourth-order valence-electron chi connectivity index (χ4n) is 1.94. The Labute approximate surface area is 104 Å². The molecule has 0 fully saturated rings. The van der Waals surface area contributed by atoms with Crippen molar-refractivity contribution in [1.82, 2.24) is 15.0 Å². The molecule has 18 heavy (non-hydrogen) atoms. The van der Waals surface area contributed by atoms with Crippen molar-refractivity contribution < 1.29 is 14.6 Å². The number of aliphatic hydroxyl groups excluding tert-OH is 1. The van der Waals surface area contributed by atoms with Crippen LogP contribution >= 0.6 is 0 Å². The Morgan fingerprint density at radius 2 is 2.06 bits per heavy atom. The number of rotatable bonds is 3. The molecule has 2 aromatic rings. The van der Waals surface area contributed by atoms with Gasteiger partial charge in [-0.15, -0.1) is 5.10 Å². The molecule has 0 bridgehead atoms. The molecule has 6 nitrogen and oxygen atoms in total. The Balaban J connectivity index is 1.98. The van der Waals surface area contributed by atoms with Crippen molar-refractivity contribution in [3.8, 4) is 22.8 Å². The van der Waals surface area contributed by atoms with Gasteiger partial charge < -0.3 is 14.6 Å². The molecule has 0 radical (unpaired) electrons. The highest BCUT2D eigenvalue weighted by Gasteiger charge is 2.14. The first kappa shape index (κ1) is 11.0. The number of aliphatic hydroxyl groups is 1. The summed E-state index contributed by atoms with van der Waals surface area (Å²) in [6.45, 7) is 1.59. The number of benzene rings is 1. The van der Waals surface area contributed by atoms with Gasteiger partial charge in [-0.05, 0) is 18.2 Å². The maximum absolute atomic E-state index is 8.97. The number of hydrogen-bond acceptors (Lipinski definition) is 5. The highest BCUT2D eigenvalue weighted by Crippen LogP contribution is 2.34. The van der Waals surface area contributed by atoms with Crippen LogP contribution in [0.5, 0.6) is 11.5 Å². The molecular formula is C12H13N3O3. The summed E-state index contributed by atoms with van der Waals surface area (Å²) in [6.07, 6.45) is 1.67. The molecule has 2 heterocycles. The predicted octanol–water partition coefficient (Wildman–Crippen LogP) is 0.709. The summed E-state index contributed by atoms with van der Waals surface area (Å²) in [5, 5.41) is 16.8. The van der Waals surface area contributed by atoms with E-state index in [0.29, 0.717) is 19.8 Å². The highest BCUT2D eigenvalue weighted by atomic mass is 16.6. The number of fused-ring (bicyclic) bond motifs is 1. The van der Waals surface area contributed by atoms with E-state index in [1.165, 1.54) is 0 Å². The lowest BCUT2D eigenvalue weighted by Gasteiger charge is -2.18. The van der Waals surface area contributed by atoms with Gasteiger partial charge in [0.05, 0.1) is 25.0 Å². The molecule has 0 amide bonds. The summed E-state index contributed by atoms with van der Waals surface area (Å²) >= 11 is 0. The summed E-state index contributed by atoms with van der Waals surface area (Å²) in [6, 6.07) is 5.71. The van der Waals surface area contributed by atoms with Gasteiger partial charge in [-0.2, -0.15) is 0 Å². The molecule has 1 aliphatic heterocycles. The maximum Gasteiger partial charge on any atom is 0.162 e. The van der Waals surface area contributed by atoms with Crippen LogP contribution in [0.15, 0.2) is 24.4 Å². The summed E-state index contributed by atoms with van der Waals surface area (Å²) < 4.78 is 12.7. The van der Waals surface area contributed by atoms with Gasteiger partial charge in [0.2, 0.25) is 0 Å². The van der Waals surface area contributed by atoms with Crippen LogP contribution in [0.25, 0.3) is 11.3 Å². The van der Waals surface area contributed by atoms with E-state index in [1.807, 2.05) is 18.2 Å². The molecule has 0 saturated carbocycles. The summed E-state index contributed by atoms with van der Waals surface area (Å²) in [4.78, 5) is 0. The van der Waals surface area contributed by atoms with Crippen molar-refractivity contribution in [2.24, 2.45) is 0 Å². The minimum Gasteiger partial charge on any atom is -0.486 e. The van der Waals surface area contributed by atoms with Crippen molar-refractivity contribution in [1.29, 1.82) is 0 Å². The standard InChI is InChI=1S/C12H13N3O3/c16-4-3-15-10(8-13-14-15)9-1-2-11-12(7-9)18-6-5-17-11/h1-2,7-8,16H,3-6H2. The van der Waals surface area contributed by atoms with Crippen LogP contribution in [0.3, 0.4) is 0 Å². The molecule has 1 aromatic heterocycles. The van der Waals surface area contributed by atoms with Gasteiger partial charge in [0, 0.05) is 5.56 Å². The second-order valence-electron chi connectivity index (χ2n) is 3.92. The summed E-state index contributed by atoms with van der Waals surface area (Å²) in [7, 11) is 0. The SMILES string of the molecule is OCCn1nncc1-c1ccc2c(c1)OCCO2. The normalized spacial score (nSPS) is 13.6. The Morgan fingerprint density at radius 1 is 1.22 bits per heavy atom. The van der Waals surface area contributed by atoms with Crippen LogP contribution in [-0.4, -0.2) is 39.9 Å². The lowest BCUT2D eigenvalue weighted by Crippen LogP contribution is -2.15. The molecule has 1 N–H and O–H groups in total. The molecule has 0 spiro atoms. The minimum absolute atomic E-state index is 0.0287. The first-order valence-electron chi connectivity index (χ1n) is 5.78. The Morgan fingerprint density at radius 3 is 2.89 bits per heavy atom. The molecule has 6 heteroatoms. The zero-order valence-corrected chi connectivity index (χ0v) is 9.74. The monoisotopic (exact) mass is 247 g/mol. The number of hydrogen-bond donors (Lipinski definition) is 1. The quantitative estimate of drug-likeness (QED) is 0.865. The summed E-state index contributed by atoms with van der Waals surface area (Å²) in [5.74, 6) is 1.49. The third-order valence-corrected chi connectivity index (χ3v) is 2.77. The van der Waals surface area contributed by atoms with Crippen LogP contribution in [0.2, 0.25) is 0 Å². The van der Waals surface area contributed by atoms with E-state index in [9.17, 15) is 0 Å². The van der Waals surface area contributed by atoms with Crippen molar-refractivity contribution in [3.63, 3.8) is 0 Å². The van der Waals surface area contributed by atoms with E-state index < -0.39 is 0 Å². The lowest BCUT2D eigenvalue weighted by molar-refractivity contribution is 0.171. The minimum atomic E-state index is 0.0287. The topological polar surface area (TPSA) is 69.4 Å². The molecule has 0 atom stereocenters. The van der Waals surface area contributed by atoms with Gasteiger partial charge in [0.1, 0.15) is 13.2 Å². The molecule has 0 saturated heterocycles. The molecule has 0 unspecified atom stereocenters. The number of nitrogens with zero attached hydrogens (tertiary/aromatic N) is 3.